The normalized spacial score (nSPS) is 31.4. The molecule has 0 aliphatic carbocycles. The van der Waals surface area contributed by atoms with Gasteiger partial charge in [-0.15, -0.1) is 0 Å². The minimum Gasteiger partial charge on any atom is -0.462 e. The summed E-state index contributed by atoms with van der Waals surface area (Å²) in [6.45, 7) is 3.30. The SMILES string of the molecule is C[N+]12CCCC[C@@H]1[C@H](COC(=O)c1ccc3c(c1)OCO3)CCC2. The highest BCUT2D eigenvalue weighted by atomic mass is 16.7. The van der Waals surface area contributed by atoms with Crippen LogP contribution in [0.4, 0.5) is 0 Å². The van der Waals surface area contributed by atoms with Gasteiger partial charge >= 0.3 is 5.97 Å². The molecule has 3 atom stereocenters. The van der Waals surface area contributed by atoms with Crippen molar-refractivity contribution >= 4 is 5.97 Å². The van der Waals surface area contributed by atoms with E-state index < -0.39 is 0 Å². The van der Waals surface area contributed by atoms with Crippen LogP contribution in [0.2, 0.25) is 0 Å². The van der Waals surface area contributed by atoms with E-state index in [4.69, 9.17) is 14.2 Å². The van der Waals surface area contributed by atoms with Crippen LogP contribution >= 0.6 is 0 Å². The summed E-state index contributed by atoms with van der Waals surface area (Å²) in [4.78, 5) is 12.4. The summed E-state index contributed by atoms with van der Waals surface area (Å²) in [6, 6.07) is 5.88. The first-order chi connectivity index (χ1) is 11.7. The maximum atomic E-state index is 12.4. The monoisotopic (exact) mass is 332 g/mol. The molecule has 2 saturated heterocycles. The molecule has 0 radical (unpaired) electrons. The Balaban J connectivity index is 1.40. The summed E-state index contributed by atoms with van der Waals surface area (Å²) < 4.78 is 17.5. The van der Waals surface area contributed by atoms with Gasteiger partial charge in [-0.1, -0.05) is 0 Å². The Hall–Kier alpha value is -1.75. The Morgan fingerprint density at radius 1 is 1.17 bits per heavy atom. The lowest BCUT2D eigenvalue weighted by Gasteiger charge is -2.51. The standard InChI is InChI=1S/C19H26NO4/c1-20-9-3-2-6-16(20)15(5-4-10-20)12-22-19(21)14-7-8-17-18(11-14)24-13-23-17/h7-8,11,15-16H,2-6,9-10,12-13H2,1H3/q+1/t15-,16+,20?/m0/s1. The number of benzene rings is 1. The molecule has 2 fully saturated rings. The van der Waals surface area contributed by atoms with Gasteiger partial charge in [-0.25, -0.2) is 4.79 Å². The highest BCUT2D eigenvalue weighted by Crippen LogP contribution is 2.36. The number of quaternary nitrogens is 1. The Morgan fingerprint density at radius 3 is 2.92 bits per heavy atom. The molecule has 130 valence electrons. The predicted molar refractivity (Wildman–Crippen MR) is 89.1 cm³/mol. The van der Waals surface area contributed by atoms with Crippen LogP contribution in [0.5, 0.6) is 11.5 Å². The lowest BCUT2D eigenvalue weighted by Crippen LogP contribution is -2.61. The van der Waals surface area contributed by atoms with Gasteiger partial charge in [0.25, 0.3) is 0 Å². The maximum Gasteiger partial charge on any atom is 0.338 e. The van der Waals surface area contributed by atoms with Gasteiger partial charge in [0.1, 0.15) is 6.61 Å². The van der Waals surface area contributed by atoms with Gasteiger partial charge in [-0.05, 0) is 43.9 Å². The molecular formula is C19H26NO4+. The third-order valence-electron chi connectivity index (χ3n) is 6.04. The molecule has 0 N–H and O–H groups in total. The van der Waals surface area contributed by atoms with E-state index in [2.05, 4.69) is 7.05 Å². The number of hydrogen-bond donors (Lipinski definition) is 0. The lowest BCUT2D eigenvalue weighted by molar-refractivity contribution is -0.947. The maximum absolute atomic E-state index is 12.4. The zero-order valence-corrected chi connectivity index (χ0v) is 14.3. The van der Waals surface area contributed by atoms with Gasteiger partial charge < -0.3 is 18.7 Å². The average Bonchev–Trinajstić information content (AvgIpc) is 3.06. The van der Waals surface area contributed by atoms with Crippen molar-refractivity contribution in [2.45, 2.75) is 38.1 Å². The molecule has 0 bridgehead atoms. The third kappa shape index (κ3) is 2.86. The van der Waals surface area contributed by atoms with Crippen molar-refractivity contribution in [2.24, 2.45) is 5.92 Å². The molecule has 3 heterocycles. The smallest absolute Gasteiger partial charge is 0.338 e. The molecule has 4 rings (SSSR count). The first kappa shape index (κ1) is 15.8. The number of ether oxygens (including phenoxy) is 3. The molecule has 1 aromatic carbocycles. The fourth-order valence-electron chi connectivity index (χ4n) is 4.72. The number of fused-ring (bicyclic) bond motifs is 2. The van der Waals surface area contributed by atoms with Gasteiger partial charge in [0.15, 0.2) is 11.5 Å². The fourth-order valence-corrected chi connectivity index (χ4v) is 4.72. The molecule has 5 heteroatoms. The van der Waals surface area contributed by atoms with Crippen LogP contribution < -0.4 is 9.47 Å². The fraction of sp³-hybridized carbons (Fsp3) is 0.632. The van der Waals surface area contributed by atoms with Gasteiger partial charge in [0.2, 0.25) is 6.79 Å². The summed E-state index contributed by atoms with van der Waals surface area (Å²) in [6.07, 6.45) is 6.32. The number of rotatable bonds is 3. The summed E-state index contributed by atoms with van der Waals surface area (Å²) >= 11 is 0. The molecule has 0 amide bonds. The summed E-state index contributed by atoms with van der Waals surface area (Å²) in [5.41, 5.74) is 0.538. The zero-order chi connectivity index (χ0) is 16.6. The van der Waals surface area contributed by atoms with Gasteiger partial charge in [0, 0.05) is 12.3 Å². The number of piperidine rings is 2. The Labute approximate surface area is 143 Å². The van der Waals surface area contributed by atoms with Crippen molar-refractivity contribution < 1.29 is 23.5 Å². The molecule has 0 spiro atoms. The largest absolute Gasteiger partial charge is 0.462 e. The van der Waals surface area contributed by atoms with Crippen LogP contribution in [-0.4, -0.2) is 50.0 Å². The van der Waals surface area contributed by atoms with Crippen LogP contribution in [0.25, 0.3) is 0 Å². The molecule has 24 heavy (non-hydrogen) atoms. The van der Waals surface area contributed by atoms with Crippen LogP contribution in [0.3, 0.4) is 0 Å². The van der Waals surface area contributed by atoms with Gasteiger partial charge in [0.05, 0.1) is 31.7 Å². The van der Waals surface area contributed by atoms with Crippen LogP contribution in [0.15, 0.2) is 18.2 Å². The van der Waals surface area contributed by atoms with Crippen LogP contribution in [-0.2, 0) is 4.74 Å². The summed E-state index contributed by atoms with van der Waals surface area (Å²) in [5.74, 6) is 1.54. The van der Waals surface area contributed by atoms with Crippen LogP contribution in [0.1, 0.15) is 42.5 Å². The van der Waals surface area contributed by atoms with E-state index in [0.29, 0.717) is 35.6 Å². The molecule has 3 aliphatic heterocycles. The number of nitrogens with zero attached hydrogens (tertiary/aromatic N) is 1. The van der Waals surface area contributed by atoms with E-state index in [0.717, 1.165) is 0 Å². The van der Waals surface area contributed by atoms with Crippen molar-refractivity contribution in [1.29, 1.82) is 0 Å². The van der Waals surface area contributed by atoms with E-state index in [1.165, 1.54) is 49.7 Å². The Morgan fingerprint density at radius 2 is 2.00 bits per heavy atom. The number of hydrogen-bond acceptors (Lipinski definition) is 4. The summed E-state index contributed by atoms with van der Waals surface area (Å²) in [7, 11) is 2.38. The Bertz CT molecular complexity index is 628. The van der Waals surface area contributed by atoms with Crippen molar-refractivity contribution in [3.8, 4) is 11.5 Å². The number of carbonyl (C=O) groups excluding carboxylic acids is 1. The number of carbonyl (C=O) groups is 1. The molecule has 0 saturated carbocycles. The minimum atomic E-state index is -0.260. The molecular weight excluding hydrogens is 306 g/mol. The molecule has 1 unspecified atom stereocenters. The second-order valence-electron chi connectivity index (χ2n) is 7.56. The average molecular weight is 332 g/mol. The first-order valence-electron chi connectivity index (χ1n) is 9.07. The third-order valence-corrected chi connectivity index (χ3v) is 6.04. The van der Waals surface area contributed by atoms with Gasteiger partial charge in [-0.2, -0.15) is 0 Å². The molecule has 0 aromatic heterocycles. The predicted octanol–water partition coefficient (Wildman–Crippen LogP) is 2.98. The van der Waals surface area contributed by atoms with Crippen molar-refractivity contribution in [1.82, 2.24) is 0 Å². The number of esters is 1. The highest BCUT2D eigenvalue weighted by molar-refractivity contribution is 5.90. The van der Waals surface area contributed by atoms with E-state index in [-0.39, 0.29) is 12.8 Å². The molecule has 3 aliphatic rings. The van der Waals surface area contributed by atoms with Crippen molar-refractivity contribution in [3.05, 3.63) is 23.8 Å². The van der Waals surface area contributed by atoms with E-state index in [1.807, 2.05) is 0 Å². The zero-order valence-electron chi connectivity index (χ0n) is 14.3. The second kappa shape index (κ2) is 6.28. The first-order valence-corrected chi connectivity index (χ1v) is 9.07. The Kier molecular flexibility index (Phi) is 4.12. The summed E-state index contributed by atoms with van der Waals surface area (Å²) in [5, 5.41) is 0. The molecule has 5 nitrogen and oxygen atoms in total. The second-order valence-corrected chi connectivity index (χ2v) is 7.56. The van der Waals surface area contributed by atoms with Crippen LogP contribution in [0, 0.1) is 5.92 Å². The van der Waals surface area contributed by atoms with Crippen molar-refractivity contribution in [2.75, 3.05) is 33.5 Å². The van der Waals surface area contributed by atoms with E-state index in [9.17, 15) is 4.79 Å². The topological polar surface area (TPSA) is 44.8 Å². The van der Waals surface area contributed by atoms with Crippen molar-refractivity contribution in [3.63, 3.8) is 0 Å². The minimum absolute atomic E-state index is 0.216. The van der Waals surface area contributed by atoms with E-state index >= 15 is 0 Å². The van der Waals surface area contributed by atoms with Gasteiger partial charge in [-0.3, -0.25) is 0 Å². The van der Waals surface area contributed by atoms with E-state index in [1.54, 1.807) is 18.2 Å². The quantitative estimate of drug-likeness (QED) is 0.630. The highest BCUT2D eigenvalue weighted by Gasteiger charge is 2.43. The lowest BCUT2D eigenvalue weighted by atomic mass is 9.82. The molecule has 1 aromatic rings.